The number of piperidine rings is 1. The average Bonchev–Trinajstić information content (AvgIpc) is 2.74. The topological polar surface area (TPSA) is 24.1 Å². The predicted octanol–water partition coefficient (Wildman–Crippen LogP) is 3.05. The second-order valence-corrected chi connectivity index (χ2v) is 6.21. The molecule has 2 N–H and O–H groups in total. The maximum Gasteiger partial charge on any atom is 0.0931 e. The average molecular weight is 259 g/mol. The van der Waals surface area contributed by atoms with Crippen molar-refractivity contribution in [2.45, 2.75) is 25.8 Å². The highest BCUT2D eigenvalue weighted by Gasteiger charge is 2.14. The van der Waals surface area contributed by atoms with Gasteiger partial charge in [0.1, 0.15) is 0 Å². The monoisotopic (exact) mass is 258 g/mol. The number of hydrogen-bond donors (Lipinski definition) is 2. The standard InChI is InChI=1S/C12H19ClN2S/c1-9(11-2-3-12(13)16-11)15-8-10-4-6-14-7-5-10/h2-3,9-10,14-15H,4-8H2,1H3. The zero-order chi connectivity index (χ0) is 11.4. The summed E-state index contributed by atoms with van der Waals surface area (Å²) in [5, 5.41) is 7.00. The van der Waals surface area contributed by atoms with Gasteiger partial charge in [0.2, 0.25) is 0 Å². The van der Waals surface area contributed by atoms with E-state index >= 15 is 0 Å². The van der Waals surface area contributed by atoms with E-state index in [2.05, 4.69) is 23.6 Å². The summed E-state index contributed by atoms with van der Waals surface area (Å²) in [6, 6.07) is 4.52. The molecule has 0 radical (unpaired) electrons. The molecular weight excluding hydrogens is 240 g/mol. The number of rotatable bonds is 4. The lowest BCUT2D eigenvalue weighted by Gasteiger charge is -2.24. The van der Waals surface area contributed by atoms with Crippen LogP contribution >= 0.6 is 22.9 Å². The van der Waals surface area contributed by atoms with Gasteiger partial charge in [0.25, 0.3) is 0 Å². The van der Waals surface area contributed by atoms with Crippen molar-refractivity contribution in [2.75, 3.05) is 19.6 Å². The van der Waals surface area contributed by atoms with Crippen LogP contribution in [0.4, 0.5) is 0 Å². The van der Waals surface area contributed by atoms with Crippen molar-refractivity contribution >= 4 is 22.9 Å². The maximum atomic E-state index is 5.94. The summed E-state index contributed by atoms with van der Waals surface area (Å²) >= 11 is 7.61. The molecule has 90 valence electrons. The van der Waals surface area contributed by atoms with E-state index in [9.17, 15) is 0 Å². The van der Waals surface area contributed by atoms with Crippen LogP contribution in [0.2, 0.25) is 4.34 Å². The molecule has 1 aliphatic rings. The molecule has 16 heavy (non-hydrogen) atoms. The van der Waals surface area contributed by atoms with E-state index in [0.717, 1.165) is 16.8 Å². The molecule has 1 fully saturated rings. The Morgan fingerprint density at radius 2 is 2.25 bits per heavy atom. The van der Waals surface area contributed by atoms with Crippen molar-refractivity contribution < 1.29 is 0 Å². The Labute approximate surface area is 106 Å². The predicted molar refractivity (Wildman–Crippen MR) is 71.3 cm³/mol. The van der Waals surface area contributed by atoms with Gasteiger partial charge in [-0.3, -0.25) is 0 Å². The van der Waals surface area contributed by atoms with E-state index < -0.39 is 0 Å². The molecule has 1 aromatic heterocycles. The van der Waals surface area contributed by atoms with Crippen molar-refractivity contribution in [3.05, 3.63) is 21.3 Å². The fourth-order valence-electron chi connectivity index (χ4n) is 2.09. The first-order valence-electron chi connectivity index (χ1n) is 5.95. The minimum atomic E-state index is 0.424. The number of halogens is 1. The van der Waals surface area contributed by atoms with E-state index in [1.165, 1.54) is 30.8 Å². The Hall–Kier alpha value is -0.0900. The summed E-state index contributed by atoms with van der Waals surface area (Å²) in [5.41, 5.74) is 0. The molecule has 0 saturated carbocycles. The molecule has 2 nitrogen and oxygen atoms in total. The molecular formula is C12H19ClN2S. The summed E-state index contributed by atoms with van der Waals surface area (Å²) in [7, 11) is 0. The van der Waals surface area contributed by atoms with E-state index in [4.69, 9.17) is 11.6 Å². The van der Waals surface area contributed by atoms with Crippen LogP contribution in [0.15, 0.2) is 12.1 Å². The van der Waals surface area contributed by atoms with Gasteiger partial charge in [0.15, 0.2) is 0 Å². The van der Waals surface area contributed by atoms with E-state index in [1.54, 1.807) is 11.3 Å². The third-order valence-corrected chi connectivity index (χ3v) is 4.61. The molecule has 1 unspecified atom stereocenters. The molecule has 2 rings (SSSR count). The highest BCUT2D eigenvalue weighted by Crippen LogP contribution is 2.26. The lowest BCUT2D eigenvalue weighted by molar-refractivity contribution is 0.346. The second kappa shape index (κ2) is 6.01. The van der Waals surface area contributed by atoms with Crippen LogP contribution in [0.3, 0.4) is 0 Å². The van der Waals surface area contributed by atoms with Crippen molar-refractivity contribution in [2.24, 2.45) is 5.92 Å². The van der Waals surface area contributed by atoms with Gasteiger partial charge in [-0.1, -0.05) is 11.6 Å². The van der Waals surface area contributed by atoms with Crippen molar-refractivity contribution in [3.63, 3.8) is 0 Å². The second-order valence-electron chi connectivity index (χ2n) is 4.47. The van der Waals surface area contributed by atoms with Gasteiger partial charge in [-0.25, -0.2) is 0 Å². The lowest BCUT2D eigenvalue weighted by atomic mass is 9.98. The summed E-state index contributed by atoms with van der Waals surface area (Å²) in [5.74, 6) is 0.833. The summed E-state index contributed by atoms with van der Waals surface area (Å²) in [4.78, 5) is 1.33. The fourth-order valence-corrected chi connectivity index (χ4v) is 3.18. The van der Waals surface area contributed by atoms with Crippen LogP contribution in [0.1, 0.15) is 30.7 Å². The number of hydrogen-bond acceptors (Lipinski definition) is 3. The summed E-state index contributed by atoms with van der Waals surface area (Å²) in [6.45, 7) is 5.68. The normalized spacial score (nSPS) is 19.9. The quantitative estimate of drug-likeness (QED) is 0.868. The van der Waals surface area contributed by atoms with Gasteiger partial charge in [0, 0.05) is 10.9 Å². The molecule has 0 spiro atoms. The van der Waals surface area contributed by atoms with Crippen LogP contribution in [0.25, 0.3) is 0 Å². The number of thiophene rings is 1. The van der Waals surface area contributed by atoms with E-state index in [1.807, 2.05) is 6.07 Å². The van der Waals surface area contributed by atoms with E-state index in [-0.39, 0.29) is 0 Å². The maximum absolute atomic E-state index is 5.94. The number of nitrogens with one attached hydrogen (secondary N) is 2. The van der Waals surface area contributed by atoms with Gasteiger partial charge >= 0.3 is 0 Å². The Balaban J connectivity index is 1.76. The molecule has 0 amide bonds. The highest BCUT2D eigenvalue weighted by molar-refractivity contribution is 7.16. The molecule has 0 aliphatic carbocycles. The van der Waals surface area contributed by atoms with Gasteiger partial charge in [0.05, 0.1) is 4.34 Å². The van der Waals surface area contributed by atoms with Crippen LogP contribution in [0, 0.1) is 5.92 Å². The lowest BCUT2D eigenvalue weighted by Crippen LogP contribution is -2.34. The Morgan fingerprint density at radius 3 is 2.88 bits per heavy atom. The SMILES string of the molecule is CC(NCC1CCNCC1)c1ccc(Cl)s1. The highest BCUT2D eigenvalue weighted by atomic mass is 35.5. The third kappa shape index (κ3) is 3.45. The largest absolute Gasteiger partial charge is 0.317 e. The molecule has 4 heteroatoms. The van der Waals surface area contributed by atoms with Crippen molar-refractivity contribution in [1.82, 2.24) is 10.6 Å². The Morgan fingerprint density at radius 1 is 1.50 bits per heavy atom. The van der Waals surface area contributed by atoms with E-state index in [0.29, 0.717) is 6.04 Å². The Kier molecular flexibility index (Phi) is 4.65. The first-order chi connectivity index (χ1) is 7.75. The summed E-state index contributed by atoms with van der Waals surface area (Å²) < 4.78 is 0.880. The third-order valence-electron chi connectivity index (χ3n) is 3.19. The first kappa shape index (κ1) is 12.4. The van der Waals surface area contributed by atoms with Gasteiger partial charge in [-0.05, 0) is 57.5 Å². The van der Waals surface area contributed by atoms with Crippen molar-refractivity contribution in [3.8, 4) is 0 Å². The van der Waals surface area contributed by atoms with Gasteiger partial charge in [-0.2, -0.15) is 0 Å². The minimum Gasteiger partial charge on any atom is -0.317 e. The summed E-state index contributed by atoms with van der Waals surface area (Å²) in [6.07, 6.45) is 2.59. The Bertz CT molecular complexity index is 321. The minimum absolute atomic E-state index is 0.424. The van der Waals surface area contributed by atoms with Crippen LogP contribution < -0.4 is 10.6 Å². The molecule has 1 saturated heterocycles. The van der Waals surface area contributed by atoms with Gasteiger partial charge < -0.3 is 10.6 Å². The van der Waals surface area contributed by atoms with Crippen molar-refractivity contribution in [1.29, 1.82) is 0 Å². The van der Waals surface area contributed by atoms with Crippen LogP contribution in [-0.4, -0.2) is 19.6 Å². The fraction of sp³-hybridized carbons (Fsp3) is 0.667. The molecule has 0 aromatic carbocycles. The molecule has 1 atom stereocenters. The zero-order valence-electron chi connectivity index (χ0n) is 9.63. The van der Waals surface area contributed by atoms with Gasteiger partial charge in [-0.15, -0.1) is 11.3 Å². The van der Waals surface area contributed by atoms with Crippen LogP contribution in [-0.2, 0) is 0 Å². The molecule has 1 aromatic rings. The first-order valence-corrected chi connectivity index (χ1v) is 7.14. The smallest absolute Gasteiger partial charge is 0.0931 e. The zero-order valence-corrected chi connectivity index (χ0v) is 11.2. The molecule has 0 bridgehead atoms. The molecule has 1 aliphatic heterocycles. The molecule has 2 heterocycles. The van der Waals surface area contributed by atoms with Crippen LogP contribution in [0.5, 0.6) is 0 Å².